The lowest BCUT2D eigenvalue weighted by Gasteiger charge is -2.37. The largest absolute Gasteiger partial charge is 0.314 e. The Morgan fingerprint density at radius 3 is 2.50 bits per heavy atom. The molecule has 18 heavy (non-hydrogen) atoms. The third kappa shape index (κ3) is 4.24. The second kappa shape index (κ2) is 7.49. The van der Waals surface area contributed by atoms with Crippen molar-refractivity contribution in [2.45, 2.75) is 77.3 Å². The average Bonchev–Trinajstić information content (AvgIpc) is 2.62. The highest BCUT2D eigenvalue weighted by Crippen LogP contribution is 2.27. The number of hydrogen-bond acceptors (Lipinski definition) is 2. The summed E-state index contributed by atoms with van der Waals surface area (Å²) in [5, 5.41) is 3.69. The normalized spacial score (nSPS) is 32.3. The fraction of sp³-hybridized carbons (Fsp3) is 1.00. The molecule has 1 aliphatic carbocycles. The van der Waals surface area contributed by atoms with E-state index < -0.39 is 0 Å². The van der Waals surface area contributed by atoms with Crippen molar-refractivity contribution in [2.75, 3.05) is 19.6 Å². The van der Waals surface area contributed by atoms with Crippen LogP contribution in [0.2, 0.25) is 0 Å². The summed E-state index contributed by atoms with van der Waals surface area (Å²) in [6, 6.07) is 1.70. The van der Waals surface area contributed by atoms with Crippen LogP contribution >= 0.6 is 0 Å². The van der Waals surface area contributed by atoms with E-state index in [4.69, 9.17) is 0 Å². The molecule has 1 N–H and O–H groups in total. The lowest BCUT2D eigenvalue weighted by Crippen LogP contribution is -2.46. The molecular formula is C16H32N2. The molecule has 1 saturated carbocycles. The van der Waals surface area contributed by atoms with Gasteiger partial charge in [0.25, 0.3) is 0 Å². The van der Waals surface area contributed by atoms with E-state index in [2.05, 4.69) is 24.1 Å². The van der Waals surface area contributed by atoms with Crippen molar-refractivity contribution in [3.8, 4) is 0 Å². The third-order valence-corrected chi connectivity index (χ3v) is 4.96. The molecule has 2 nitrogen and oxygen atoms in total. The van der Waals surface area contributed by atoms with E-state index >= 15 is 0 Å². The van der Waals surface area contributed by atoms with Gasteiger partial charge in [0.2, 0.25) is 0 Å². The maximum Gasteiger partial charge on any atom is 0.00953 e. The summed E-state index contributed by atoms with van der Waals surface area (Å²) in [7, 11) is 0. The summed E-state index contributed by atoms with van der Waals surface area (Å²) in [6.07, 6.45) is 11.3. The van der Waals surface area contributed by atoms with Gasteiger partial charge in [-0.05, 0) is 64.1 Å². The monoisotopic (exact) mass is 252 g/mol. The molecule has 2 aliphatic rings. The van der Waals surface area contributed by atoms with Crippen LogP contribution in [0.25, 0.3) is 0 Å². The van der Waals surface area contributed by atoms with Gasteiger partial charge in [-0.25, -0.2) is 0 Å². The number of piperidine rings is 1. The molecule has 2 unspecified atom stereocenters. The molecule has 2 heteroatoms. The van der Waals surface area contributed by atoms with E-state index in [1.807, 2.05) is 0 Å². The predicted octanol–water partition coefficient (Wildman–Crippen LogP) is 3.42. The van der Waals surface area contributed by atoms with Gasteiger partial charge in [0.05, 0.1) is 0 Å². The smallest absolute Gasteiger partial charge is 0.00953 e. The van der Waals surface area contributed by atoms with E-state index in [1.165, 1.54) is 71.0 Å². The summed E-state index contributed by atoms with van der Waals surface area (Å²) < 4.78 is 0. The van der Waals surface area contributed by atoms with Gasteiger partial charge < -0.3 is 10.2 Å². The van der Waals surface area contributed by atoms with Gasteiger partial charge in [-0.2, -0.15) is 0 Å². The summed E-state index contributed by atoms with van der Waals surface area (Å²) >= 11 is 0. The Morgan fingerprint density at radius 1 is 1.00 bits per heavy atom. The van der Waals surface area contributed by atoms with Crippen molar-refractivity contribution < 1.29 is 0 Å². The minimum absolute atomic E-state index is 0.797. The Labute approximate surface area is 114 Å². The van der Waals surface area contributed by atoms with Crippen molar-refractivity contribution >= 4 is 0 Å². The molecule has 2 fully saturated rings. The average molecular weight is 252 g/mol. The first-order chi connectivity index (χ1) is 8.79. The number of nitrogens with one attached hydrogen (secondary N) is 1. The maximum absolute atomic E-state index is 3.69. The summed E-state index contributed by atoms with van der Waals surface area (Å²) in [6.45, 7) is 8.56. The van der Waals surface area contributed by atoms with Gasteiger partial charge in [-0.1, -0.05) is 26.7 Å². The van der Waals surface area contributed by atoms with Crippen molar-refractivity contribution in [3.63, 3.8) is 0 Å². The second-order valence-corrected chi connectivity index (χ2v) is 6.53. The van der Waals surface area contributed by atoms with Gasteiger partial charge in [0.1, 0.15) is 0 Å². The highest BCUT2D eigenvalue weighted by molar-refractivity contribution is 4.83. The summed E-state index contributed by atoms with van der Waals surface area (Å²) in [5.74, 6) is 0.971. The highest BCUT2D eigenvalue weighted by atomic mass is 15.2. The van der Waals surface area contributed by atoms with Crippen molar-refractivity contribution in [2.24, 2.45) is 5.92 Å². The minimum Gasteiger partial charge on any atom is -0.314 e. The molecule has 2 rings (SSSR count). The fourth-order valence-corrected chi connectivity index (χ4v) is 3.65. The second-order valence-electron chi connectivity index (χ2n) is 6.53. The standard InChI is InChI=1S/C16H32N2/c1-3-11-17-15-9-12-18(13-10-15)16-6-4-5-14(2)7-8-16/h14-17H,3-13H2,1-2H3. The van der Waals surface area contributed by atoms with Crippen LogP contribution in [0.1, 0.15) is 65.2 Å². The van der Waals surface area contributed by atoms with Crippen LogP contribution in [-0.2, 0) is 0 Å². The predicted molar refractivity (Wildman–Crippen MR) is 78.9 cm³/mol. The Kier molecular flexibility index (Phi) is 5.97. The molecule has 0 bridgehead atoms. The van der Waals surface area contributed by atoms with Gasteiger partial charge in [0, 0.05) is 12.1 Å². The van der Waals surface area contributed by atoms with Crippen LogP contribution < -0.4 is 5.32 Å². The first-order valence-corrected chi connectivity index (χ1v) is 8.27. The topological polar surface area (TPSA) is 15.3 Å². The first-order valence-electron chi connectivity index (χ1n) is 8.27. The van der Waals surface area contributed by atoms with Crippen LogP contribution in [0.4, 0.5) is 0 Å². The molecule has 1 saturated heterocycles. The van der Waals surface area contributed by atoms with Gasteiger partial charge in [-0.3, -0.25) is 0 Å². The first kappa shape index (κ1) is 14.3. The number of nitrogens with zero attached hydrogens (tertiary/aromatic N) is 1. The Morgan fingerprint density at radius 2 is 1.78 bits per heavy atom. The Bertz CT molecular complexity index is 221. The van der Waals surface area contributed by atoms with E-state index in [9.17, 15) is 0 Å². The van der Waals surface area contributed by atoms with Crippen LogP contribution in [0, 0.1) is 5.92 Å². The van der Waals surface area contributed by atoms with E-state index in [-0.39, 0.29) is 0 Å². The fourth-order valence-electron chi connectivity index (χ4n) is 3.65. The van der Waals surface area contributed by atoms with Crippen LogP contribution in [0.3, 0.4) is 0 Å². The molecule has 0 radical (unpaired) electrons. The minimum atomic E-state index is 0.797. The molecule has 1 heterocycles. The Balaban J connectivity index is 1.71. The lowest BCUT2D eigenvalue weighted by atomic mass is 9.99. The van der Waals surface area contributed by atoms with Crippen molar-refractivity contribution in [1.82, 2.24) is 10.2 Å². The zero-order valence-electron chi connectivity index (χ0n) is 12.5. The zero-order valence-corrected chi connectivity index (χ0v) is 12.5. The molecule has 0 aromatic rings. The van der Waals surface area contributed by atoms with Gasteiger partial charge in [0.15, 0.2) is 0 Å². The Hall–Kier alpha value is -0.0800. The molecular weight excluding hydrogens is 220 g/mol. The summed E-state index contributed by atoms with van der Waals surface area (Å²) in [5.41, 5.74) is 0. The van der Waals surface area contributed by atoms with E-state index in [0.29, 0.717) is 0 Å². The van der Waals surface area contributed by atoms with Crippen molar-refractivity contribution in [3.05, 3.63) is 0 Å². The van der Waals surface area contributed by atoms with Gasteiger partial charge >= 0.3 is 0 Å². The molecule has 0 aromatic carbocycles. The summed E-state index contributed by atoms with van der Waals surface area (Å²) in [4.78, 5) is 2.79. The SMILES string of the molecule is CCCNC1CCN(C2CCCC(C)CC2)CC1. The van der Waals surface area contributed by atoms with Crippen LogP contribution in [0.5, 0.6) is 0 Å². The van der Waals surface area contributed by atoms with E-state index in [1.54, 1.807) is 0 Å². The molecule has 2 atom stereocenters. The number of rotatable bonds is 4. The molecule has 0 amide bonds. The highest BCUT2D eigenvalue weighted by Gasteiger charge is 2.26. The zero-order chi connectivity index (χ0) is 12.8. The number of hydrogen-bond donors (Lipinski definition) is 1. The van der Waals surface area contributed by atoms with E-state index in [0.717, 1.165) is 18.0 Å². The number of likely N-dealkylation sites (tertiary alicyclic amines) is 1. The maximum atomic E-state index is 3.69. The van der Waals surface area contributed by atoms with Crippen molar-refractivity contribution in [1.29, 1.82) is 0 Å². The third-order valence-electron chi connectivity index (χ3n) is 4.96. The van der Waals surface area contributed by atoms with Crippen LogP contribution in [-0.4, -0.2) is 36.6 Å². The van der Waals surface area contributed by atoms with Crippen LogP contribution in [0.15, 0.2) is 0 Å². The quantitative estimate of drug-likeness (QED) is 0.771. The molecule has 1 aliphatic heterocycles. The lowest BCUT2D eigenvalue weighted by molar-refractivity contribution is 0.131. The molecule has 0 spiro atoms. The van der Waals surface area contributed by atoms with Gasteiger partial charge in [-0.15, -0.1) is 0 Å². The molecule has 0 aromatic heterocycles. The molecule has 106 valence electrons.